The summed E-state index contributed by atoms with van der Waals surface area (Å²) >= 11 is 0. The van der Waals surface area contributed by atoms with Crippen LogP contribution in [0.2, 0.25) is 0 Å². The number of nitrogens with one attached hydrogen (secondary N) is 1. The van der Waals surface area contributed by atoms with Gasteiger partial charge >= 0.3 is 5.69 Å². The van der Waals surface area contributed by atoms with E-state index in [-0.39, 0.29) is 17.4 Å². The summed E-state index contributed by atoms with van der Waals surface area (Å²) in [5.74, 6) is 0.430. The molecule has 24 heavy (non-hydrogen) atoms. The fraction of sp³-hybridized carbons (Fsp3) is 0.133. The average Bonchev–Trinajstić information content (AvgIpc) is 3.19. The summed E-state index contributed by atoms with van der Waals surface area (Å²) in [5.41, 5.74) is 9.00. The van der Waals surface area contributed by atoms with Gasteiger partial charge in [-0.25, -0.2) is 9.78 Å². The zero-order valence-electron chi connectivity index (χ0n) is 12.7. The first-order valence-electron chi connectivity index (χ1n) is 7.19. The number of pyridine rings is 2. The Morgan fingerprint density at radius 2 is 2.21 bits per heavy atom. The first-order chi connectivity index (χ1) is 11.6. The molecule has 0 amide bonds. The zero-order chi connectivity index (χ0) is 16.7. The number of nitrogens with zero attached hydrogens (tertiary/aromatic N) is 5. The largest absolute Gasteiger partial charge is 0.382 e. The van der Waals surface area contributed by atoms with Crippen molar-refractivity contribution in [2.45, 2.75) is 13.5 Å². The summed E-state index contributed by atoms with van der Waals surface area (Å²) in [6.07, 6.45) is 3.02. The van der Waals surface area contributed by atoms with Crippen LogP contribution in [-0.2, 0) is 6.54 Å². The highest BCUT2D eigenvalue weighted by molar-refractivity contribution is 5.87. The third-order valence-electron chi connectivity index (χ3n) is 3.69. The molecule has 120 valence electrons. The highest BCUT2D eigenvalue weighted by atomic mass is 16.5. The van der Waals surface area contributed by atoms with Gasteiger partial charge in [0.2, 0.25) is 0 Å². The zero-order valence-corrected chi connectivity index (χ0v) is 12.7. The number of rotatable bonds is 3. The van der Waals surface area contributed by atoms with Gasteiger partial charge in [0.15, 0.2) is 6.33 Å². The lowest BCUT2D eigenvalue weighted by atomic mass is 10.2. The van der Waals surface area contributed by atoms with Gasteiger partial charge in [-0.1, -0.05) is 11.2 Å². The van der Waals surface area contributed by atoms with Crippen LogP contribution in [-0.4, -0.2) is 29.7 Å². The molecule has 0 bridgehead atoms. The maximum atomic E-state index is 12.3. The molecule has 4 rings (SSSR count). The predicted molar refractivity (Wildman–Crippen MR) is 86.1 cm³/mol. The van der Waals surface area contributed by atoms with E-state index in [1.807, 2.05) is 19.1 Å². The molecule has 0 unspecified atom stereocenters. The second-order valence-corrected chi connectivity index (χ2v) is 5.36. The average molecular weight is 323 g/mol. The molecule has 0 aliphatic heterocycles. The van der Waals surface area contributed by atoms with E-state index in [9.17, 15) is 4.79 Å². The van der Waals surface area contributed by atoms with E-state index < -0.39 is 0 Å². The molecule has 0 aliphatic rings. The molecule has 0 radical (unpaired) electrons. The normalized spacial score (nSPS) is 11.2. The van der Waals surface area contributed by atoms with Gasteiger partial charge in [0.25, 0.3) is 5.89 Å². The Morgan fingerprint density at radius 1 is 1.33 bits per heavy atom. The maximum Gasteiger partial charge on any atom is 0.326 e. The summed E-state index contributed by atoms with van der Waals surface area (Å²) in [6, 6.07) is 5.52. The number of anilines is 1. The molecule has 0 saturated carbocycles. The van der Waals surface area contributed by atoms with Gasteiger partial charge in [0, 0.05) is 11.9 Å². The van der Waals surface area contributed by atoms with Crippen LogP contribution in [0.3, 0.4) is 0 Å². The van der Waals surface area contributed by atoms with Crippen molar-refractivity contribution in [2.75, 3.05) is 5.73 Å². The van der Waals surface area contributed by atoms with Crippen molar-refractivity contribution in [3.05, 3.63) is 52.5 Å². The first kappa shape index (κ1) is 14.1. The minimum absolute atomic E-state index is 0.193. The van der Waals surface area contributed by atoms with Crippen LogP contribution in [0.1, 0.15) is 11.3 Å². The quantitative estimate of drug-likeness (QED) is 0.577. The number of imidazole rings is 1. The Bertz CT molecular complexity index is 1060. The molecule has 9 nitrogen and oxygen atoms in total. The number of hydrogen-bond donors (Lipinski definition) is 2. The number of aromatic amines is 1. The topological polar surface area (TPSA) is 129 Å². The Balaban J connectivity index is 1.87. The van der Waals surface area contributed by atoms with E-state index >= 15 is 0 Å². The fourth-order valence-electron chi connectivity index (χ4n) is 2.50. The summed E-state index contributed by atoms with van der Waals surface area (Å²) in [7, 11) is 0. The van der Waals surface area contributed by atoms with Crippen molar-refractivity contribution in [2.24, 2.45) is 0 Å². The Labute approximate surface area is 135 Å². The van der Waals surface area contributed by atoms with E-state index in [1.165, 1.54) is 6.33 Å². The van der Waals surface area contributed by atoms with Crippen LogP contribution >= 0.6 is 0 Å². The van der Waals surface area contributed by atoms with Crippen molar-refractivity contribution in [1.82, 2.24) is 29.7 Å². The molecule has 0 saturated heterocycles. The summed E-state index contributed by atoms with van der Waals surface area (Å²) in [6.45, 7) is 2.27. The molecular formula is C15H13N7O2. The highest BCUT2D eigenvalue weighted by Crippen LogP contribution is 2.23. The van der Waals surface area contributed by atoms with Gasteiger partial charge in [-0.2, -0.15) is 4.98 Å². The van der Waals surface area contributed by atoms with Gasteiger partial charge in [-0.3, -0.25) is 9.55 Å². The lowest BCUT2D eigenvalue weighted by Gasteiger charge is -2.05. The Morgan fingerprint density at radius 3 is 2.92 bits per heavy atom. The third kappa shape index (κ3) is 2.32. The molecule has 0 aromatic carbocycles. The van der Waals surface area contributed by atoms with Crippen LogP contribution in [0.4, 0.5) is 5.82 Å². The first-order valence-corrected chi connectivity index (χ1v) is 7.19. The van der Waals surface area contributed by atoms with E-state index in [0.29, 0.717) is 23.3 Å². The monoisotopic (exact) mass is 323 g/mol. The SMILES string of the molecule is Cc1ccc(Cn2c(=O)[nH]c3c(N)nc(-c4ncno4)cc32)cn1. The molecular weight excluding hydrogens is 310 g/mol. The van der Waals surface area contributed by atoms with Gasteiger partial charge < -0.3 is 15.2 Å². The van der Waals surface area contributed by atoms with Crippen LogP contribution in [0.15, 0.2) is 40.0 Å². The van der Waals surface area contributed by atoms with Crippen molar-refractivity contribution in [1.29, 1.82) is 0 Å². The molecule has 0 spiro atoms. The van der Waals surface area contributed by atoms with Crippen molar-refractivity contribution < 1.29 is 4.52 Å². The number of aryl methyl sites for hydroxylation is 1. The number of nitrogens with two attached hydrogens (primary N) is 1. The van der Waals surface area contributed by atoms with E-state index in [4.69, 9.17) is 10.3 Å². The van der Waals surface area contributed by atoms with E-state index in [2.05, 4.69) is 25.1 Å². The molecule has 3 N–H and O–H groups in total. The predicted octanol–water partition coefficient (Wildman–Crippen LogP) is 1.11. The number of fused-ring (bicyclic) bond motifs is 1. The standard InChI is InChI=1S/C15H13N7O2/c1-8-2-3-9(5-17-8)6-22-11-4-10(14-18-7-19-24-14)20-13(16)12(11)21-15(22)23/h2-5,7H,6H2,1H3,(H2,16,20)(H,21,23). The van der Waals surface area contributed by atoms with Crippen LogP contribution in [0.5, 0.6) is 0 Å². The molecule has 4 aromatic rings. The lowest BCUT2D eigenvalue weighted by Crippen LogP contribution is -2.17. The lowest BCUT2D eigenvalue weighted by molar-refractivity contribution is 0.429. The molecule has 9 heteroatoms. The molecule has 0 aliphatic carbocycles. The van der Waals surface area contributed by atoms with Gasteiger partial charge in [-0.05, 0) is 24.6 Å². The van der Waals surface area contributed by atoms with Gasteiger partial charge in [0.05, 0.1) is 12.1 Å². The molecule has 0 atom stereocenters. The fourth-order valence-corrected chi connectivity index (χ4v) is 2.50. The highest BCUT2D eigenvalue weighted by Gasteiger charge is 2.15. The molecule has 0 fully saturated rings. The summed E-state index contributed by atoms with van der Waals surface area (Å²) in [5, 5.41) is 3.56. The minimum atomic E-state index is -0.276. The van der Waals surface area contributed by atoms with Crippen molar-refractivity contribution >= 4 is 16.9 Å². The number of nitrogen functional groups attached to an aromatic ring is 1. The second-order valence-electron chi connectivity index (χ2n) is 5.36. The smallest absolute Gasteiger partial charge is 0.326 e. The number of aromatic nitrogens is 6. The summed E-state index contributed by atoms with van der Waals surface area (Å²) in [4.78, 5) is 27.5. The maximum absolute atomic E-state index is 12.3. The van der Waals surface area contributed by atoms with Crippen molar-refractivity contribution in [3.8, 4) is 11.6 Å². The van der Waals surface area contributed by atoms with E-state index in [1.54, 1.807) is 16.8 Å². The molecule has 4 aromatic heterocycles. The van der Waals surface area contributed by atoms with E-state index in [0.717, 1.165) is 11.3 Å². The minimum Gasteiger partial charge on any atom is -0.382 e. The molecule has 4 heterocycles. The van der Waals surface area contributed by atoms with Crippen LogP contribution in [0, 0.1) is 6.92 Å². The van der Waals surface area contributed by atoms with Crippen molar-refractivity contribution in [3.63, 3.8) is 0 Å². The Hall–Kier alpha value is -3.49. The Kier molecular flexibility index (Phi) is 3.12. The summed E-state index contributed by atoms with van der Waals surface area (Å²) < 4.78 is 6.58. The second kappa shape index (κ2) is 5.30. The number of hydrogen-bond acceptors (Lipinski definition) is 7. The van der Waals surface area contributed by atoms with Gasteiger partial charge in [0.1, 0.15) is 17.0 Å². The number of H-pyrrole nitrogens is 1. The van der Waals surface area contributed by atoms with Crippen LogP contribution in [0.25, 0.3) is 22.6 Å². The van der Waals surface area contributed by atoms with Crippen LogP contribution < -0.4 is 11.4 Å². The third-order valence-corrected chi connectivity index (χ3v) is 3.69. The van der Waals surface area contributed by atoms with Gasteiger partial charge in [-0.15, -0.1) is 0 Å².